The van der Waals surface area contributed by atoms with E-state index in [2.05, 4.69) is 10.2 Å². The molecule has 0 radical (unpaired) electrons. The third kappa shape index (κ3) is 2.63. The molecule has 1 aromatic carbocycles. The van der Waals surface area contributed by atoms with Crippen LogP contribution in [0.25, 0.3) is 11.3 Å². The van der Waals surface area contributed by atoms with Crippen molar-refractivity contribution in [3.63, 3.8) is 0 Å². The predicted molar refractivity (Wildman–Crippen MR) is 90.9 cm³/mol. The van der Waals surface area contributed by atoms with Gasteiger partial charge in [-0.15, -0.1) is 5.10 Å². The van der Waals surface area contributed by atoms with Crippen LogP contribution < -0.4 is 0 Å². The standard InChI is InChI=1S/C18H15F5N2O3S/c1-16(2)10-6-7-17(16,28-29(26,27)18(21,22)23)15-9(10)8-13(24-25-15)14-11(19)4-3-5-12(14)20/h3-5,8,10H,6-7H2,1-2H3/t10-,17-/m0/s1. The van der Waals surface area contributed by atoms with E-state index in [0.717, 1.165) is 12.1 Å². The fourth-order valence-electron chi connectivity index (χ4n) is 4.55. The molecule has 0 N–H and O–H groups in total. The fraction of sp³-hybridized carbons (Fsp3) is 0.444. The van der Waals surface area contributed by atoms with Crippen LogP contribution in [0.1, 0.15) is 43.9 Å². The van der Waals surface area contributed by atoms with Gasteiger partial charge in [0.2, 0.25) is 0 Å². The van der Waals surface area contributed by atoms with Crippen LogP contribution in [0, 0.1) is 17.0 Å². The molecule has 2 bridgehead atoms. The van der Waals surface area contributed by atoms with E-state index in [0.29, 0.717) is 12.0 Å². The van der Waals surface area contributed by atoms with Crippen LogP contribution >= 0.6 is 0 Å². The zero-order valence-corrected chi connectivity index (χ0v) is 16.0. The number of alkyl halides is 3. The van der Waals surface area contributed by atoms with Gasteiger partial charge < -0.3 is 0 Å². The van der Waals surface area contributed by atoms with Gasteiger partial charge in [0.05, 0.1) is 11.3 Å². The molecule has 11 heteroatoms. The summed E-state index contributed by atoms with van der Waals surface area (Å²) in [5.41, 5.74) is -8.73. The number of rotatable bonds is 3. The number of aromatic nitrogens is 2. The first-order chi connectivity index (χ1) is 13.3. The molecule has 156 valence electrons. The van der Waals surface area contributed by atoms with Crippen molar-refractivity contribution in [3.8, 4) is 11.3 Å². The van der Waals surface area contributed by atoms with Crippen molar-refractivity contribution in [1.82, 2.24) is 10.2 Å². The zero-order chi connectivity index (χ0) is 21.4. The third-order valence-corrected chi connectivity index (χ3v) is 7.10. The summed E-state index contributed by atoms with van der Waals surface area (Å²) < 4.78 is 95.5. The van der Waals surface area contributed by atoms with E-state index < -0.39 is 49.8 Å². The van der Waals surface area contributed by atoms with E-state index in [4.69, 9.17) is 4.18 Å². The highest BCUT2D eigenvalue weighted by atomic mass is 32.2. The highest BCUT2D eigenvalue weighted by molar-refractivity contribution is 7.87. The highest BCUT2D eigenvalue weighted by Crippen LogP contribution is 2.68. The molecular formula is C18H15F5N2O3S. The lowest BCUT2D eigenvalue weighted by atomic mass is 9.77. The Hall–Kier alpha value is -2.14. The lowest BCUT2D eigenvalue weighted by Gasteiger charge is -2.36. The van der Waals surface area contributed by atoms with Crippen LogP contribution in [-0.2, 0) is 19.9 Å². The Balaban J connectivity index is 1.88. The van der Waals surface area contributed by atoms with Crippen LogP contribution in [0.3, 0.4) is 0 Å². The average Bonchev–Trinajstić information content (AvgIpc) is 2.93. The summed E-state index contributed by atoms with van der Waals surface area (Å²) in [5, 5.41) is 7.67. The highest BCUT2D eigenvalue weighted by Gasteiger charge is 2.68. The summed E-state index contributed by atoms with van der Waals surface area (Å²) >= 11 is 0. The van der Waals surface area contributed by atoms with Crippen molar-refractivity contribution in [2.75, 3.05) is 0 Å². The lowest BCUT2D eigenvalue weighted by molar-refractivity contribution is -0.0809. The SMILES string of the molecule is CC1(C)[C@H]2CC[C@]1(OS(=O)(=O)C(F)(F)F)c1nnc(-c3c(F)cccc3F)cc12. The minimum absolute atomic E-state index is 0.00490. The van der Waals surface area contributed by atoms with E-state index in [1.54, 1.807) is 13.8 Å². The van der Waals surface area contributed by atoms with E-state index in [1.165, 1.54) is 12.1 Å². The molecule has 2 aliphatic carbocycles. The molecule has 0 aliphatic heterocycles. The van der Waals surface area contributed by atoms with Gasteiger partial charge in [0.15, 0.2) is 0 Å². The molecule has 1 heterocycles. The molecule has 4 rings (SSSR count). The van der Waals surface area contributed by atoms with Gasteiger partial charge in [-0.25, -0.2) is 13.0 Å². The molecule has 0 amide bonds. The topological polar surface area (TPSA) is 69.2 Å². The Kier molecular flexibility index (Phi) is 4.13. The number of nitrogens with zero attached hydrogens (tertiary/aromatic N) is 2. The molecule has 0 saturated heterocycles. The van der Waals surface area contributed by atoms with Crippen molar-refractivity contribution in [1.29, 1.82) is 0 Å². The Morgan fingerprint density at radius 1 is 1.14 bits per heavy atom. The van der Waals surface area contributed by atoms with Crippen LogP contribution in [0.15, 0.2) is 24.3 Å². The number of hydrogen-bond acceptors (Lipinski definition) is 5. The van der Waals surface area contributed by atoms with Gasteiger partial charge in [-0.3, -0.25) is 0 Å². The second-order valence-corrected chi connectivity index (χ2v) is 9.29. The number of hydrogen-bond donors (Lipinski definition) is 0. The van der Waals surface area contributed by atoms with Gasteiger partial charge in [0.25, 0.3) is 0 Å². The predicted octanol–water partition coefficient (Wildman–Crippen LogP) is 4.40. The van der Waals surface area contributed by atoms with Crippen molar-refractivity contribution >= 4 is 10.1 Å². The first-order valence-corrected chi connectivity index (χ1v) is 10.1. The van der Waals surface area contributed by atoms with E-state index in [1.807, 2.05) is 0 Å². The van der Waals surface area contributed by atoms with Gasteiger partial charge >= 0.3 is 15.6 Å². The molecule has 1 saturated carbocycles. The molecule has 0 unspecified atom stereocenters. The van der Waals surface area contributed by atoms with E-state index >= 15 is 0 Å². The van der Waals surface area contributed by atoms with Gasteiger partial charge in [-0.2, -0.15) is 26.7 Å². The molecule has 2 aliphatic rings. The Morgan fingerprint density at radius 2 is 1.76 bits per heavy atom. The van der Waals surface area contributed by atoms with Gasteiger partial charge in [-0.1, -0.05) is 19.9 Å². The normalized spacial score (nSPS) is 25.3. The molecule has 2 atom stereocenters. The summed E-state index contributed by atoms with van der Waals surface area (Å²) in [6, 6.07) is 4.62. The quantitative estimate of drug-likeness (QED) is 0.407. The number of fused-ring (bicyclic) bond motifs is 5. The molecule has 0 spiro atoms. The average molecular weight is 434 g/mol. The van der Waals surface area contributed by atoms with Gasteiger partial charge in [0.1, 0.15) is 22.9 Å². The maximum Gasteiger partial charge on any atom is 0.523 e. The molecular weight excluding hydrogens is 419 g/mol. The molecule has 1 fully saturated rings. The fourth-order valence-corrected chi connectivity index (χ4v) is 5.40. The molecule has 2 aromatic rings. The van der Waals surface area contributed by atoms with E-state index in [9.17, 15) is 30.4 Å². The summed E-state index contributed by atoms with van der Waals surface area (Å²) in [5.74, 6) is -2.15. The van der Waals surface area contributed by atoms with Gasteiger partial charge in [0, 0.05) is 5.41 Å². The van der Waals surface area contributed by atoms with Crippen molar-refractivity contribution in [3.05, 3.63) is 47.2 Å². The first kappa shape index (κ1) is 20.1. The van der Waals surface area contributed by atoms with Crippen LogP contribution in [0.2, 0.25) is 0 Å². The lowest BCUT2D eigenvalue weighted by Crippen LogP contribution is -2.43. The van der Waals surface area contributed by atoms with Crippen LogP contribution in [-0.4, -0.2) is 24.1 Å². The number of benzene rings is 1. The Bertz CT molecular complexity index is 1100. The largest absolute Gasteiger partial charge is 0.523 e. The van der Waals surface area contributed by atoms with Crippen LogP contribution in [0.4, 0.5) is 22.0 Å². The minimum atomic E-state index is -5.90. The Labute approximate surface area is 163 Å². The molecule has 29 heavy (non-hydrogen) atoms. The smallest absolute Gasteiger partial charge is 0.249 e. The second-order valence-electron chi connectivity index (χ2n) is 7.75. The second kappa shape index (κ2) is 5.94. The molecule has 1 aromatic heterocycles. The van der Waals surface area contributed by atoms with Crippen molar-refractivity contribution < 1.29 is 34.6 Å². The Morgan fingerprint density at radius 3 is 2.34 bits per heavy atom. The van der Waals surface area contributed by atoms with Crippen LogP contribution in [0.5, 0.6) is 0 Å². The number of halogens is 5. The third-order valence-electron chi connectivity index (χ3n) is 6.03. The van der Waals surface area contributed by atoms with Crippen molar-refractivity contribution in [2.45, 2.75) is 43.7 Å². The summed E-state index contributed by atoms with van der Waals surface area (Å²) in [6.45, 7) is 3.17. The summed E-state index contributed by atoms with van der Waals surface area (Å²) in [6.07, 6.45) is 0.327. The zero-order valence-electron chi connectivity index (χ0n) is 15.2. The maximum atomic E-state index is 14.1. The minimum Gasteiger partial charge on any atom is -0.249 e. The van der Waals surface area contributed by atoms with Gasteiger partial charge in [-0.05, 0) is 42.5 Å². The molecule has 5 nitrogen and oxygen atoms in total. The monoisotopic (exact) mass is 434 g/mol. The van der Waals surface area contributed by atoms with Crippen molar-refractivity contribution in [2.24, 2.45) is 5.41 Å². The summed E-state index contributed by atoms with van der Waals surface area (Å²) in [7, 11) is -5.90. The first-order valence-electron chi connectivity index (χ1n) is 8.66. The summed E-state index contributed by atoms with van der Waals surface area (Å²) in [4.78, 5) is 0. The maximum absolute atomic E-state index is 14.1. The van der Waals surface area contributed by atoms with E-state index in [-0.39, 0.29) is 17.8 Å².